The summed E-state index contributed by atoms with van der Waals surface area (Å²) < 4.78 is 1.77. The summed E-state index contributed by atoms with van der Waals surface area (Å²) in [5.41, 5.74) is 1.21. The Morgan fingerprint density at radius 1 is 1.21 bits per heavy atom. The molecule has 0 aromatic rings. The molecule has 0 radical (unpaired) electrons. The first kappa shape index (κ1) is 9.25. The summed E-state index contributed by atoms with van der Waals surface area (Å²) in [7, 11) is 0. The Labute approximate surface area is 85.1 Å². The van der Waals surface area contributed by atoms with E-state index in [1.807, 2.05) is 0 Å². The van der Waals surface area contributed by atoms with Crippen LogP contribution in [0.25, 0.3) is 0 Å². The minimum absolute atomic E-state index is 0.437. The molecule has 2 unspecified atom stereocenters. The average Bonchev–Trinajstić information content (AvgIpc) is 2.16. The zero-order valence-electron chi connectivity index (χ0n) is 8.72. The molecule has 74 valence electrons. The van der Waals surface area contributed by atoms with Crippen molar-refractivity contribution < 1.29 is 4.68 Å². The Morgan fingerprint density at radius 2 is 1.86 bits per heavy atom. The van der Waals surface area contributed by atoms with E-state index in [9.17, 15) is 0 Å². The maximum atomic E-state index is 5.94. The number of nitrogens with two attached hydrogens (primary N) is 1. The van der Waals surface area contributed by atoms with Gasteiger partial charge in [0.1, 0.15) is 0 Å². The lowest BCUT2D eigenvalue weighted by molar-refractivity contribution is -0.495. The molecule has 0 fully saturated rings. The van der Waals surface area contributed by atoms with E-state index in [0.717, 1.165) is 0 Å². The molecule has 0 saturated carbocycles. The summed E-state index contributed by atoms with van der Waals surface area (Å²) >= 11 is 0. The molecule has 2 nitrogen and oxygen atoms in total. The van der Waals surface area contributed by atoms with Crippen LogP contribution >= 0.6 is 0 Å². The van der Waals surface area contributed by atoms with Crippen molar-refractivity contribution in [2.75, 3.05) is 0 Å². The maximum absolute atomic E-state index is 5.94. The SMILES string of the molecule is CC(C)C1=CC2C=CC=CC2C=[N+]1N. The molecule has 2 rings (SSSR count). The van der Waals surface area contributed by atoms with Crippen LogP contribution in [0.5, 0.6) is 0 Å². The number of hydrogen-bond acceptors (Lipinski definition) is 1. The number of hydrazine groups is 1. The van der Waals surface area contributed by atoms with Gasteiger partial charge >= 0.3 is 0 Å². The number of allylic oxidation sites excluding steroid dienone is 6. The van der Waals surface area contributed by atoms with E-state index in [4.69, 9.17) is 5.84 Å². The summed E-state index contributed by atoms with van der Waals surface area (Å²) in [5.74, 6) is 7.36. The normalized spacial score (nSPS) is 29.9. The highest BCUT2D eigenvalue weighted by Crippen LogP contribution is 2.26. The lowest BCUT2D eigenvalue weighted by atomic mass is 9.85. The van der Waals surface area contributed by atoms with Gasteiger partial charge in [-0.3, -0.25) is 0 Å². The third-order valence-corrected chi connectivity index (χ3v) is 2.81. The Morgan fingerprint density at radius 3 is 2.50 bits per heavy atom. The van der Waals surface area contributed by atoms with Gasteiger partial charge in [0.25, 0.3) is 0 Å². The lowest BCUT2D eigenvalue weighted by Gasteiger charge is -2.21. The van der Waals surface area contributed by atoms with E-state index >= 15 is 0 Å². The number of nitrogens with zero attached hydrogens (tertiary/aromatic N) is 1. The van der Waals surface area contributed by atoms with Gasteiger partial charge in [-0.05, 0) is 6.08 Å². The second kappa shape index (κ2) is 3.45. The molecule has 2 N–H and O–H groups in total. The highest BCUT2D eigenvalue weighted by molar-refractivity contribution is 5.62. The Bertz CT molecular complexity index is 345. The molecule has 1 aliphatic carbocycles. The van der Waals surface area contributed by atoms with Crippen LogP contribution in [-0.2, 0) is 0 Å². The van der Waals surface area contributed by atoms with Gasteiger partial charge in [-0.2, -0.15) is 0 Å². The lowest BCUT2D eigenvalue weighted by Crippen LogP contribution is -2.32. The summed E-state index contributed by atoms with van der Waals surface area (Å²) in [6, 6.07) is 0. The molecule has 0 spiro atoms. The van der Waals surface area contributed by atoms with Gasteiger partial charge in [-0.25, -0.2) is 5.84 Å². The molecule has 0 bridgehead atoms. The van der Waals surface area contributed by atoms with Crippen LogP contribution in [0.3, 0.4) is 0 Å². The van der Waals surface area contributed by atoms with Crippen LogP contribution < -0.4 is 5.84 Å². The van der Waals surface area contributed by atoms with Crippen LogP contribution in [0.15, 0.2) is 36.1 Å². The van der Waals surface area contributed by atoms with E-state index < -0.39 is 0 Å². The monoisotopic (exact) mass is 189 g/mol. The Balaban J connectivity index is 2.31. The van der Waals surface area contributed by atoms with Crippen LogP contribution in [0.4, 0.5) is 0 Å². The topological polar surface area (TPSA) is 29.0 Å². The van der Waals surface area contributed by atoms with Crippen LogP contribution in [0.1, 0.15) is 13.8 Å². The number of hydrazone groups is 1. The molecule has 0 amide bonds. The van der Waals surface area contributed by atoms with Gasteiger partial charge in [0.2, 0.25) is 5.70 Å². The van der Waals surface area contributed by atoms with Crippen molar-refractivity contribution in [2.24, 2.45) is 23.6 Å². The third kappa shape index (κ3) is 1.52. The van der Waals surface area contributed by atoms with Gasteiger partial charge in [0.05, 0.1) is 5.92 Å². The fourth-order valence-corrected chi connectivity index (χ4v) is 2.00. The largest absolute Gasteiger partial charge is 0.210 e. The van der Waals surface area contributed by atoms with Crippen molar-refractivity contribution in [2.45, 2.75) is 13.8 Å². The second-order valence-electron chi connectivity index (χ2n) is 4.23. The summed E-state index contributed by atoms with van der Waals surface area (Å²) in [4.78, 5) is 0. The molecular formula is C12H17N2+. The summed E-state index contributed by atoms with van der Waals surface area (Å²) in [6.45, 7) is 4.34. The Kier molecular flexibility index (Phi) is 2.28. The molecule has 14 heavy (non-hydrogen) atoms. The smallest absolute Gasteiger partial charge is 0.205 e. The van der Waals surface area contributed by atoms with Gasteiger partial charge < -0.3 is 0 Å². The molecule has 0 aromatic carbocycles. The minimum Gasteiger partial charge on any atom is -0.205 e. The summed E-state index contributed by atoms with van der Waals surface area (Å²) in [6.07, 6.45) is 13.0. The zero-order chi connectivity index (χ0) is 10.1. The molecule has 0 aromatic heterocycles. The predicted molar refractivity (Wildman–Crippen MR) is 58.7 cm³/mol. The van der Waals surface area contributed by atoms with Gasteiger partial charge in [-0.15, -0.1) is 0 Å². The average molecular weight is 189 g/mol. The number of fused-ring (bicyclic) bond motifs is 1. The first-order valence-electron chi connectivity index (χ1n) is 5.14. The van der Waals surface area contributed by atoms with E-state index in [1.165, 1.54) is 5.70 Å². The highest BCUT2D eigenvalue weighted by Gasteiger charge is 2.28. The summed E-state index contributed by atoms with van der Waals surface area (Å²) in [5, 5.41) is 0. The van der Waals surface area contributed by atoms with Gasteiger partial charge in [-0.1, -0.05) is 42.8 Å². The molecule has 1 heterocycles. The van der Waals surface area contributed by atoms with E-state index in [2.05, 4.69) is 50.4 Å². The Hall–Kier alpha value is -1.31. The van der Waals surface area contributed by atoms with E-state index in [0.29, 0.717) is 17.8 Å². The van der Waals surface area contributed by atoms with E-state index in [-0.39, 0.29) is 0 Å². The van der Waals surface area contributed by atoms with Gasteiger partial charge in [0, 0.05) is 11.8 Å². The van der Waals surface area contributed by atoms with Crippen molar-refractivity contribution in [3.8, 4) is 0 Å². The minimum atomic E-state index is 0.437. The van der Waals surface area contributed by atoms with Crippen molar-refractivity contribution in [3.63, 3.8) is 0 Å². The van der Waals surface area contributed by atoms with Crippen LogP contribution in [0, 0.1) is 17.8 Å². The zero-order valence-corrected chi connectivity index (χ0v) is 8.72. The predicted octanol–water partition coefficient (Wildman–Crippen LogP) is 1.86. The number of rotatable bonds is 1. The van der Waals surface area contributed by atoms with Crippen LogP contribution in [0.2, 0.25) is 0 Å². The molecule has 2 heteroatoms. The van der Waals surface area contributed by atoms with Crippen molar-refractivity contribution in [1.29, 1.82) is 0 Å². The third-order valence-electron chi connectivity index (χ3n) is 2.81. The van der Waals surface area contributed by atoms with Crippen LogP contribution in [-0.4, -0.2) is 10.9 Å². The maximum Gasteiger partial charge on any atom is 0.210 e. The van der Waals surface area contributed by atoms with Crippen molar-refractivity contribution in [1.82, 2.24) is 0 Å². The van der Waals surface area contributed by atoms with Crippen molar-refractivity contribution in [3.05, 3.63) is 36.1 Å². The fourth-order valence-electron chi connectivity index (χ4n) is 2.00. The first-order chi connectivity index (χ1) is 6.68. The molecule has 2 aliphatic rings. The van der Waals surface area contributed by atoms with Crippen molar-refractivity contribution >= 4 is 6.21 Å². The standard InChI is InChI=1S/C12H17N2/c1-9(2)12-7-10-5-3-4-6-11(10)8-14(12)13/h3-11H,13H2,1-2H3/q+1. The highest BCUT2D eigenvalue weighted by atomic mass is 15.3. The van der Waals surface area contributed by atoms with E-state index in [1.54, 1.807) is 4.68 Å². The second-order valence-corrected chi connectivity index (χ2v) is 4.23. The van der Waals surface area contributed by atoms with Gasteiger partial charge in [0.15, 0.2) is 6.21 Å². The fraction of sp³-hybridized carbons (Fsp3) is 0.417. The molecule has 2 atom stereocenters. The number of hydrogen-bond donors (Lipinski definition) is 1. The first-order valence-corrected chi connectivity index (χ1v) is 5.14. The molecule has 0 saturated heterocycles. The molecular weight excluding hydrogens is 172 g/mol. The molecule has 1 aliphatic heterocycles. The quantitative estimate of drug-likeness (QED) is 0.495.